The first-order valence-corrected chi connectivity index (χ1v) is 12.1. The van der Waals surface area contributed by atoms with Crippen LogP contribution < -0.4 is 0 Å². The van der Waals surface area contributed by atoms with Crippen LogP contribution >= 0.6 is 27.7 Å². The zero-order valence-corrected chi connectivity index (χ0v) is 21.6. The molecule has 35 heavy (non-hydrogen) atoms. The van der Waals surface area contributed by atoms with E-state index < -0.39 is 47.7 Å². The van der Waals surface area contributed by atoms with Crippen molar-refractivity contribution in [3.63, 3.8) is 0 Å². The molecule has 2 aromatic rings. The normalized spacial score (nSPS) is 23.9. The van der Waals surface area contributed by atoms with Gasteiger partial charge < -0.3 is 18.9 Å². The van der Waals surface area contributed by atoms with Crippen molar-refractivity contribution < 1.29 is 38.1 Å². The Balaban J connectivity index is 2.09. The van der Waals surface area contributed by atoms with E-state index in [-0.39, 0.29) is 18.1 Å². The first kappa shape index (κ1) is 26.8. The molecule has 1 saturated heterocycles. The fourth-order valence-corrected chi connectivity index (χ4v) is 5.10. The van der Waals surface area contributed by atoms with Gasteiger partial charge in [0, 0.05) is 49.5 Å². The van der Waals surface area contributed by atoms with Gasteiger partial charge >= 0.3 is 17.9 Å². The number of ketones is 1. The molecule has 0 saturated carbocycles. The van der Waals surface area contributed by atoms with E-state index in [9.17, 15) is 19.2 Å². The number of carbonyl (C=O) groups excluding carboxylic acids is 4. The maximum atomic E-state index is 12.1. The molecule has 0 aliphatic carbocycles. The molecule has 3 heterocycles. The zero-order chi connectivity index (χ0) is 25.7. The summed E-state index contributed by atoms with van der Waals surface area (Å²) in [6, 6.07) is 0.832. The van der Waals surface area contributed by atoms with Gasteiger partial charge in [-0.05, 0) is 22.0 Å². The number of carbonyl (C=O) groups is 4. The van der Waals surface area contributed by atoms with E-state index in [1.54, 1.807) is 18.5 Å². The van der Waals surface area contributed by atoms with Gasteiger partial charge in [0.05, 0.1) is 6.20 Å². The van der Waals surface area contributed by atoms with Crippen LogP contribution in [0.3, 0.4) is 0 Å². The maximum absolute atomic E-state index is 12.1. The number of nitrogens with zero attached hydrogens (tertiary/aromatic N) is 4. The Morgan fingerprint density at radius 3 is 2.31 bits per heavy atom. The van der Waals surface area contributed by atoms with Crippen LogP contribution in [0.2, 0.25) is 0 Å². The number of aromatic nitrogens is 4. The van der Waals surface area contributed by atoms with Crippen LogP contribution in [-0.4, -0.2) is 74.0 Å². The lowest BCUT2D eigenvalue weighted by Gasteiger charge is -2.44. The molecule has 3 unspecified atom stereocenters. The minimum Gasteiger partial charge on any atom is -0.463 e. The van der Waals surface area contributed by atoms with E-state index in [4.69, 9.17) is 18.9 Å². The monoisotopic (exact) mass is 570 g/mol. The highest BCUT2D eigenvalue weighted by Crippen LogP contribution is 2.41. The topological polar surface area (TPSA) is 149 Å². The molecule has 0 N–H and O–H groups in total. The van der Waals surface area contributed by atoms with Gasteiger partial charge in [0.2, 0.25) is 0 Å². The molecule has 1 aliphatic rings. The number of Topliss-reactive ketones (excluding diaryl/α,β-unsaturated/α-hetero) is 1. The Labute approximate surface area is 213 Å². The molecule has 2 aromatic heterocycles. The maximum Gasteiger partial charge on any atom is 0.303 e. The quantitative estimate of drug-likeness (QED) is 0.260. The minimum atomic E-state index is -1.10. The van der Waals surface area contributed by atoms with Crippen molar-refractivity contribution in [2.75, 3.05) is 6.61 Å². The summed E-state index contributed by atoms with van der Waals surface area (Å²) < 4.78 is 24.5. The number of hydrogen-bond donors (Lipinski definition) is 0. The second-order valence-electron chi connectivity index (χ2n) is 7.58. The third kappa shape index (κ3) is 7.08. The van der Waals surface area contributed by atoms with Crippen LogP contribution in [0.15, 0.2) is 34.0 Å². The van der Waals surface area contributed by atoms with E-state index in [2.05, 4.69) is 31.2 Å². The fraction of sp³-hybridized carbons (Fsp3) is 0.476. The largest absolute Gasteiger partial charge is 0.463 e. The Morgan fingerprint density at radius 1 is 1.06 bits per heavy atom. The number of rotatable bonds is 8. The summed E-state index contributed by atoms with van der Waals surface area (Å²) in [6.07, 6.45) is 1.47. The fourth-order valence-electron chi connectivity index (χ4n) is 3.45. The Morgan fingerprint density at radius 2 is 1.74 bits per heavy atom. The van der Waals surface area contributed by atoms with Crippen molar-refractivity contribution in [3.8, 4) is 0 Å². The average Bonchev–Trinajstić information content (AvgIpc) is 3.24. The molecule has 1 fully saturated rings. The van der Waals surface area contributed by atoms with Gasteiger partial charge in [-0.25, -0.2) is 4.68 Å². The first-order chi connectivity index (χ1) is 16.5. The smallest absolute Gasteiger partial charge is 0.303 e. The summed E-state index contributed by atoms with van der Waals surface area (Å²) in [6.45, 7) is 4.75. The molecule has 0 bridgehead atoms. The number of ether oxygens (including phenoxy) is 4. The van der Waals surface area contributed by atoms with Crippen molar-refractivity contribution in [2.45, 2.75) is 62.4 Å². The summed E-state index contributed by atoms with van der Waals surface area (Å²) >= 11 is 4.56. The third-order valence-corrected chi connectivity index (χ3v) is 6.32. The molecule has 14 heteroatoms. The van der Waals surface area contributed by atoms with Crippen LogP contribution in [0.1, 0.15) is 44.2 Å². The molecule has 12 nitrogen and oxygen atoms in total. The van der Waals surface area contributed by atoms with Gasteiger partial charge in [-0.15, -0.1) is 5.10 Å². The molecule has 1 aliphatic heterocycles. The van der Waals surface area contributed by atoms with Gasteiger partial charge in [-0.1, -0.05) is 17.0 Å². The average molecular weight is 571 g/mol. The summed E-state index contributed by atoms with van der Waals surface area (Å²) in [5, 5.41) is 7.90. The number of halogens is 1. The van der Waals surface area contributed by atoms with Crippen molar-refractivity contribution in [1.82, 2.24) is 20.0 Å². The second kappa shape index (κ2) is 11.7. The highest BCUT2D eigenvalue weighted by Gasteiger charge is 2.52. The van der Waals surface area contributed by atoms with Gasteiger partial charge in [0.1, 0.15) is 29.9 Å². The summed E-state index contributed by atoms with van der Waals surface area (Å²) in [4.78, 5) is 52.3. The van der Waals surface area contributed by atoms with Crippen molar-refractivity contribution in [1.29, 1.82) is 0 Å². The third-order valence-electron chi connectivity index (χ3n) is 4.78. The molecule has 3 rings (SSSR count). The van der Waals surface area contributed by atoms with Crippen molar-refractivity contribution >= 4 is 51.4 Å². The number of esters is 3. The van der Waals surface area contributed by atoms with E-state index in [1.807, 2.05) is 0 Å². The predicted octanol–water partition coefficient (Wildman–Crippen LogP) is 2.12. The molecular formula is C21H23BrN4O8S. The van der Waals surface area contributed by atoms with Crippen LogP contribution in [0, 0.1) is 0 Å². The van der Waals surface area contributed by atoms with Gasteiger partial charge in [0.15, 0.2) is 18.0 Å². The zero-order valence-electron chi connectivity index (χ0n) is 19.2. The summed E-state index contributed by atoms with van der Waals surface area (Å²) in [7, 11) is 0. The highest BCUT2D eigenvalue weighted by atomic mass is 79.9. The molecule has 0 spiro atoms. The number of hydrogen-bond acceptors (Lipinski definition) is 12. The lowest BCUT2D eigenvalue weighted by Crippen LogP contribution is -2.57. The van der Waals surface area contributed by atoms with E-state index >= 15 is 0 Å². The van der Waals surface area contributed by atoms with Gasteiger partial charge in [0.25, 0.3) is 0 Å². The molecular weight excluding hydrogens is 548 g/mol. The standard InChI is InChI=1S/C21H23BrN4O8S/c1-10(27)16-8-26(25-24-16)18-19(32-12(3)29)17(9-31-11(2)28)34-21(20(18)33-13(4)30)35-15-5-14(22)6-23-7-15/h5-8,17-21H,9H2,1-4H3/t17?,18?,19-,20?,21+/m0/s1. The molecule has 0 aromatic carbocycles. The number of pyridine rings is 1. The Bertz CT molecular complexity index is 1110. The highest BCUT2D eigenvalue weighted by molar-refractivity contribution is 9.10. The minimum absolute atomic E-state index is 0.0663. The van der Waals surface area contributed by atoms with E-state index in [0.717, 1.165) is 4.47 Å². The van der Waals surface area contributed by atoms with Crippen LogP contribution in [0.4, 0.5) is 0 Å². The molecule has 0 radical (unpaired) electrons. The van der Waals surface area contributed by atoms with Crippen LogP contribution in [-0.2, 0) is 33.3 Å². The summed E-state index contributed by atoms with van der Waals surface area (Å²) in [5.41, 5.74) is -0.797. The summed E-state index contributed by atoms with van der Waals surface area (Å²) in [5.74, 6) is -2.16. The van der Waals surface area contributed by atoms with Crippen LogP contribution in [0.25, 0.3) is 0 Å². The van der Waals surface area contributed by atoms with Crippen molar-refractivity contribution in [2.24, 2.45) is 0 Å². The van der Waals surface area contributed by atoms with E-state index in [0.29, 0.717) is 4.90 Å². The van der Waals surface area contributed by atoms with E-state index in [1.165, 1.54) is 50.3 Å². The number of thioether (sulfide) groups is 1. The predicted molar refractivity (Wildman–Crippen MR) is 123 cm³/mol. The van der Waals surface area contributed by atoms with Crippen molar-refractivity contribution in [3.05, 3.63) is 34.8 Å². The lowest BCUT2D eigenvalue weighted by atomic mass is 9.96. The van der Waals surface area contributed by atoms with Gasteiger partial charge in [-0.2, -0.15) is 0 Å². The van der Waals surface area contributed by atoms with Gasteiger partial charge in [-0.3, -0.25) is 24.2 Å². The lowest BCUT2D eigenvalue weighted by molar-refractivity contribution is -0.212. The Kier molecular flexibility index (Phi) is 8.97. The second-order valence-corrected chi connectivity index (χ2v) is 9.67. The van der Waals surface area contributed by atoms with Crippen LogP contribution in [0.5, 0.6) is 0 Å². The Hall–Kier alpha value is -2.84. The molecule has 5 atom stereocenters. The molecule has 188 valence electrons. The molecule has 0 amide bonds. The SMILES string of the molecule is CC(=O)OCC1O[C@H](Sc2cncc(Br)c2)C(OC(C)=O)C(n2cc(C(C)=O)nn2)[C@H]1OC(C)=O. The first-order valence-electron chi connectivity index (χ1n) is 10.4.